The summed E-state index contributed by atoms with van der Waals surface area (Å²) in [6, 6.07) is 7.54. The summed E-state index contributed by atoms with van der Waals surface area (Å²) >= 11 is 0. The van der Waals surface area contributed by atoms with E-state index in [9.17, 15) is 9.90 Å². The van der Waals surface area contributed by atoms with Crippen LogP contribution < -0.4 is 15.4 Å². The van der Waals surface area contributed by atoms with Gasteiger partial charge in [-0.05, 0) is 24.6 Å². The van der Waals surface area contributed by atoms with Gasteiger partial charge in [0.15, 0.2) is 0 Å². The highest BCUT2D eigenvalue weighted by Gasteiger charge is 2.24. The number of rotatable bonds is 6. The molecule has 110 valence electrons. The Bertz CT molecular complexity index is 433. The Morgan fingerprint density at radius 3 is 2.75 bits per heavy atom. The van der Waals surface area contributed by atoms with Crippen molar-refractivity contribution in [2.24, 2.45) is 5.92 Å². The van der Waals surface area contributed by atoms with Crippen LogP contribution in [0.4, 0.5) is 0 Å². The molecule has 0 aliphatic carbocycles. The lowest BCUT2D eigenvalue weighted by Gasteiger charge is -2.14. The van der Waals surface area contributed by atoms with Crippen LogP contribution >= 0.6 is 0 Å². The van der Waals surface area contributed by atoms with Gasteiger partial charge in [-0.1, -0.05) is 12.1 Å². The monoisotopic (exact) mass is 278 g/mol. The number of carbonyl (C=O) groups excluding carboxylic acids is 1. The fourth-order valence-electron chi connectivity index (χ4n) is 2.29. The molecular formula is C15H22N2O3. The number of benzene rings is 1. The fourth-order valence-corrected chi connectivity index (χ4v) is 2.29. The molecule has 1 aromatic carbocycles. The molecule has 1 saturated heterocycles. The quantitative estimate of drug-likeness (QED) is 0.701. The second-order valence-electron chi connectivity index (χ2n) is 5.04. The summed E-state index contributed by atoms with van der Waals surface area (Å²) in [5.41, 5.74) is 0.955. The van der Waals surface area contributed by atoms with Crippen LogP contribution in [0.3, 0.4) is 0 Å². The minimum atomic E-state index is -0.360. The number of hydrogen-bond donors (Lipinski definition) is 3. The van der Waals surface area contributed by atoms with E-state index in [0.717, 1.165) is 17.9 Å². The van der Waals surface area contributed by atoms with Crippen molar-refractivity contribution in [2.45, 2.75) is 19.4 Å². The van der Waals surface area contributed by atoms with Crippen molar-refractivity contribution in [3.63, 3.8) is 0 Å². The van der Waals surface area contributed by atoms with Crippen LogP contribution in [0.2, 0.25) is 0 Å². The largest absolute Gasteiger partial charge is 0.494 e. The Hall–Kier alpha value is -1.59. The highest BCUT2D eigenvalue weighted by molar-refractivity contribution is 5.78. The highest BCUT2D eigenvalue weighted by Crippen LogP contribution is 2.12. The first-order valence-corrected chi connectivity index (χ1v) is 7.06. The van der Waals surface area contributed by atoms with Crippen molar-refractivity contribution in [2.75, 3.05) is 26.2 Å². The normalized spacial score (nSPS) is 21.7. The van der Waals surface area contributed by atoms with Crippen LogP contribution in [0, 0.1) is 5.92 Å². The van der Waals surface area contributed by atoms with Crippen molar-refractivity contribution in [3.05, 3.63) is 29.8 Å². The summed E-state index contributed by atoms with van der Waals surface area (Å²) in [5, 5.41) is 15.6. The zero-order valence-electron chi connectivity index (χ0n) is 11.8. The van der Waals surface area contributed by atoms with Crippen molar-refractivity contribution >= 4 is 5.91 Å². The maximum atomic E-state index is 11.8. The van der Waals surface area contributed by atoms with E-state index in [1.165, 1.54) is 0 Å². The minimum Gasteiger partial charge on any atom is -0.494 e. The van der Waals surface area contributed by atoms with Gasteiger partial charge >= 0.3 is 0 Å². The van der Waals surface area contributed by atoms with E-state index >= 15 is 0 Å². The maximum absolute atomic E-state index is 11.8. The minimum absolute atomic E-state index is 0.0201. The number of β-amino-alcohol motifs (C(OH)–C–C–N with tert-alkyl or cyclic N) is 1. The molecule has 2 unspecified atom stereocenters. The number of nitrogens with one attached hydrogen (secondary N) is 2. The maximum Gasteiger partial charge on any atom is 0.224 e. The lowest BCUT2D eigenvalue weighted by Crippen LogP contribution is -2.35. The van der Waals surface area contributed by atoms with E-state index < -0.39 is 0 Å². The summed E-state index contributed by atoms with van der Waals surface area (Å²) in [7, 11) is 0. The van der Waals surface area contributed by atoms with Crippen LogP contribution in [0.25, 0.3) is 0 Å². The predicted octanol–water partition coefficient (Wildman–Crippen LogP) is 0.324. The third-order valence-electron chi connectivity index (χ3n) is 3.46. The van der Waals surface area contributed by atoms with Crippen LogP contribution in [0.5, 0.6) is 5.75 Å². The molecule has 0 aromatic heterocycles. The highest BCUT2D eigenvalue weighted by atomic mass is 16.5. The number of aliphatic hydroxyl groups is 1. The fraction of sp³-hybridized carbons (Fsp3) is 0.533. The molecule has 0 bridgehead atoms. The Morgan fingerprint density at radius 2 is 2.15 bits per heavy atom. The Kier molecular flexibility index (Phi) is 5.38. The van der Waals surface area contributed by atoms with Gasteiger partial charge in [-0.25, -0.2) is 0 Å². The topological polar surface area (TPSA) is 70.6 Å². The SMILES string of the molecule is CCOc1ccc(CC(=O)NCC2CNCC2O)cc1. The zero-order chi connectivity index (χ0) is 14.4. The standard InChI is InChI=1S/C15H22N2O3/c1-2-20-13-5-3-11(4-6-13)7-15(19)17-9-12-8-16-10-14(12)18/h3-6,12,14,16,18H,2,7-10H2,1H3,(H,17,19). The lowest BCUT2D eigenvalue weighted by molar-refractivity contribution is -0.120. The van der Waals surface area contributed by atoms with Crippen molar-refractivity contribution < 1.29 is 14.6 Å². The molecule has 2 atom stereocenters. The summed E-state index contributed by atoms with van der Waals surface area (Å²) in [6.07, 6.45) is -0.0105. The lowest BCUT2D eigenvalue weighted by atomic mass is 10.1. The molecule has 0 spiro atoms. The zero-order valence-corrected chi connectivity index (χ0v) is 11.8. The van der Waals surface area contributed by atoms with Gasteiger partial charge in [-0.15, -0.1) is 0 Å². The number of amides is 1. The van der Waals surface area contributed by atoms with Gasteiger partial charge in [0.1, 0.15) is 5.75 Å². The van der Waals surface area contributed by atoms with Gasteiger partial charge in [0.05, 0.1) is 19.1 Å². The van der Waals surface area contributed by atoms with Crippen LogP contribution in [-0.2, 0) is 11.2 Å². The second-order valence-corrected chi connectivity index (χ2v) is 5.04. The summed E-state index contributed by atoms with van der Waals surface area (Å²) in [4.78, 5) is 11.8. The van der Waals surface area contributed by atoms with Crippen LogP contribution in [0.1, 0.15) is 12.5 Å². The molecule has 1 aliphatic heterocycles. The predicted molar refractivity (Wildman–Crippen MR) is 76.7 cm³/mol. The van der Waals surface area contributed by atoms with Gasteiger partial charge in [0, 0.05) is 25.6 Å². The molecule has 5 nitrogen and oxygen atoms in total. The third kappa shape index (κ3) is 4.21. The van der Waals surface area contributed by atoms with Gasteiger partial charge in [-0.2, -0.15) is 0 Å². The first-order chi connectivity index (χ1) is 9.69. The van der Waals surface area contributed by atoms with E-state index in [4.69, 9.17) is 4.74 Å². The van der Waals surface area contributed by atoms with Gasteiger partial charge in [0.25, 0.3) is 0 Å². The number of carbonyl (C=O) groups is 1. The average molecular weight is 278 g/mol. The molecule has 1 aliphatic rings. The second kappa shape index (κ2) is 7.26. The molecule has 1 aromatic rings. The molecule has 20 heavy (non-hydrogen) atoms. The molecule has 1 amide bonds. The van der Waals surface area contributed by atoms with E-state index in [-0.39, 0.29) is 17.9 Å². The van der Waals surface area contributed by atoms with Crippen LogP contribution in [0.15, 0.2) is 24.3 Å². The van der Waals surface area contributed by atoms with E-state index in [0.29, 0.717) is 26.1 Å². The van der Waals surface area contributed by atoms with E-state index in [2.05, 4.69) is 10.6 Å². The number of ether oxygens (including phenoxy) is 1. The van der Waals surface area contributed by atoms with Crippen molar-refractivity contribution in [1.82, 2.24) is 10.6 Å². The van der Waals surface area contributed by atoms with E-state index in [1.54, 1.807) is 0 Å². The number of hydrogen-bond acceptors (Lipinski definition) is 4. The first-order valence-electron chi connectivity index (χ1n) is 7.06. The average Bonchev–Trinajstić information content (AvgIpc) is 2.84. The van der Waals surface area contributed by atoms with Gasteiger partial charge < -0.3 is 20.5 Å². The van der Waals surface area contributed by atoms with E-state index in [1.807, 2.05) is 31.2 Å². The summed E-state index contributed by atoms with van der Waals surface area (Å²) in [6.45, 7) is 4.46. The summed E-state index contributed by atoms with van der Waals surface area (Å²) in [5.74, 6) is 0.907. The Morgan fingerprint density at radius 1 is 1.40 bits per heavy atom. The molecule has 2 rings (SSSR count). The third-order valence-corrected chi connectivity index (χ3v) is 3.46. The molecule has 1 heterocycles. The first kappa shape index (κ1) is 14.8. The Labute approximate surface area is 119 Å². The van der Waals surface area contributed by atoms with Crippen LogP contribution in [-0.4, -0.2) is 43.4 Å². The van der Waals surface area contributed by atoms with Gasteiger partial charge in [0.2, 0.25) is 5.91 Å². The molecule has 0 saturated carbocycles. The van der Waals surface area contributed by atoms with Crippen molar-refractivity contribution in [3.8, 4) is 5.75 Å². The van der Waals surface area contributed by atoms with Crippen molar-refractivity contribution in [1.29, 1.82) is 0 Å². The number of aliphatic hydroxyl groups excluding tert-OH is 1. The molecule has 3 N–H and O–H groups in total. The Balaban J connectivity index is 1.76. The van der Waals surface area contributed by atoms with Gasteiger partial charge in [-0.3, -0.25) is 4.79 Å². The molecular weight excluding hydrogens is 256 g/mol. The molecule has 5 heteroatoms. The molecule has 1 fully saturated rings. The summed E-state index contributed by atoms with van der Waals surface area (Å²) < 4.78 is 5.36. The smallest absolute Gasteiger partial charge is 0.224 e. The molecule has 0 radical (unpaired) electrons.